The number of hydrogen-bond acceptors (Lipinski definition) is 3. The van der Waals surface area contributed by atoms with Gasteiger partial charge in [0.2, 0.25) is 0 Å². The smallest absolute Gasteiger partial charge is 0.0724 e. The zero-order valence-corrected chi connectivity index (χ0v) is 11.7. The summed E-state index contributed by atoms with van der Waals surface area (Å²) in [5.41, 5.74) is 0. The average molecular weight is 252 g/mol. The van der Waals surface area contributed by atoms with Crippen LogP contribution < -0.4 is 5.32 Å². The Morgan fingerprint density at radius 3 is 2.61 bits per heavy atom. The van der Waals surface area contributed by atoms with Crippen LogP contribution in [-0.2, 0) is 4.74 Å². The predicted octanol–water partition coefficient (Wildman–Crippen LogP) is 2.16. The number of fused-ring (bicyclic) bond motifs is 1. The van der Waals surface area contributed by atoms with Gasteiger partial charge in [-0.2, -0.15) is 0 Å². The van der Waals surface area contributed by atoms with E-state index in [2.05, 4.69) is 10.2 Å². The molecule has 1 aliphatic carbocycles. The van der Waals surface area contributed by atoms with Crippen LogP contribution in [0.3, 0.4) is 0 Å². The van der Waals surface area contributed by atoms with Gasteiger partial charge in [0.1, 0.15) is 0 Å². The first kappa shape index (κ1) is 12.9. The van der Waals surface area contributed by atoms with E-state index < -0.39 is 0 Å². The van der Waals surface area contributed by atoms with Crippen molar-refractivity contribution in [2.45, 2.75) is 75.6 Å². The largest absolute Gasteiger partial charge is 0.380 e. The molecule has 1 saturated carbocycles. The van der Waals surface area contributed by atoms with Crippen molar-refractivity contribution in [1.29, 1.82) is 0 Å². The van der Waals surface area contributed by atoms with Gasteiger partial charge in [-0.3, -0.25) is 4.90 Å². The fraction of sp³-hybridized carbons (Fsp3) is 1.00. The maximum Gasteiger partial charge on any atom is 0.0724 e. The molecule has 0 aromatic rings. The number of nitrogens with one attached hydrogen (secondary N) is 1. The highest BCUT2D eigenvalue weighted by atomic mass is 16.5. The Labute approximate surface area is 111 Å². The molecule has 1 N–H and O–H groups in total. The van der Waals surface area contributed by atoms with E-state index in [1.54, 1.807) is 0 Å². The first-order chi connectivity index (χ1) is 8.88. The molecule has 0 bridgehead atoms. The zero-order valence-electron chi connectivity index (χ0n) is 11.7. The minimum atomic E-state index is 0.455. The monoisotopic (exact) mass is 252 g/mol. The fourth-order valence-electron chi connectivity index (χ4n) is 4.29. The molecule has 0 aromatic heterocycles. The van der Waals surface area contributed by atoms with E-state index >= 15 is 0 Å². The number of rotatable bonds is 3. The molecule has 3 rings (SSSR count). The molecule has 4 atom stereocenters. The van der Waals surface area contributed by atoms with Crippen LogP contribution in [0.2, 0.25) is 0 Å². The first-order valence-electron chi connectivity index (χ1n) is 7.91. The molecule has 2 saturated heterocycles. The van der Waals surface area contributed by atoms with Crippen LogP contribution in [-0.4, -0.2) is 49.3 Å². The zero-order chi connectivity index (χ0) is 12.4. The maximum absolute atomic E-state index is 5.67. The fourth-order valence-corrected chi connectivity index (χ4v) is 4.29. The predicted molar refractivity (Wildman–Crippen MR) is 73.8 cm³/mol. The van der Waals surface area contributed by atoms with Crippen LogP contribution >= 0.6 is 0 Å². The molecule has 0 spiro atoms. The third-order valence-electron chi connectivity index (χ3n) is 5.29. The lowest BCUT2D eigenvalue weighted by molar-refractivity contribution is 0.0345. The minimum absolute atomic E-state index is 0.455. The van der Waals surface area contributed by atoms with Gasteiger partial charge in [0.05, 0.1) is 6.10 Å². The van der Waals surface area contributed by atoms with Crippen LogP contribution in [0.4, 0.5) is 0 Å². The van der Waals surface area contributed by atoms with Crippen molar-refractivity contribution in [1.82, 2.24) is 10.2 Å². The van der Waals surface area contributed by atoms with Crippen molar-refractivity contribution in [2.75, 3.05) is 20.2 Å². The highest BCUT2D eigenvalue weighted by Gasteiger charge is 2.37. The number of nitrogens with zero attached hydrogens (tertiary/aromatic N) is 1. The molecule has 4 unspecified atom stereocenters. The third-order valence-corrected chi connectivity index (χ3v) is 5.29. The number of piperidine rings is 1. The molecule has 0 aromatic carbocycles. The second kappa shape index (κ2) is 5.89. The van der Waals surface area contributed by atoms with Gasteiger partial charge in [0, 0.05) is 31.8 Å². The summed E-state index contributed by atoms with van der Waals surface area (Å²) in [4.78, 5) is 2.71. The van der Waals surface area contributed by atoms with E-state index in [9.17, 15) is 0 Å². The van der Waals surface area contributed by atoms with Gasteiger partial charge < -0.3 is 10.1 Å². The van der Waals surface area contributed by atoms with Crippen LogP contribution in [0.15, 0.2) is 0 Å². The quantitative estimate of drug-likeness (QED) is 0.833. The summed E-state index contributed by atoms with van der Waals surface area (Å²) in [6.07, 6.45) is 11.3. The number of hydrogen-bond donors (Lipinski definition) is 1. The van der Waals surface area contributed by atoms with Gasteiger partial charge >= 0.3 is 0 Å². The van der Waals surface area contributed by atoms with Crippen LogP contribution in [0, 0.1) is 0 Å². The molecule has 3 fully saturated rings. The number of ether oxygens (including phenoxy) is 1. The molecule has 3 nitrogen and oxygen atoms in total. The Morgan fingerprint density at radius 2 is 1.72 bits per heavy atom. The Morgan fingerprint density at radius 1 is 0.889 bits per heavy atom. The van der Waals surface area contributed by atoms with E-state index in [1.165, 1.54) is 64.5 Å². The van der Waals surface area contributed by atoms with Crippen LogP contribution in [0.5, 0.6) is 0 Å². The van der Waals surface area contributed by atoms with Gasteiger partial charge in [-0.25, -0.2) is 0 Å². The van der Waals surface area contributed by atoms with Crippen molar-refractivity contribution >= 4 is 0 Å². The summed E-state index contributed by atoms with van der Waals surface area (Å²) in [7, 11) is 1.88. The summed E-state index contributed by atoms with van der Waals surface area (Å²) < 4.78 is 5.67. The summed E-state index contributed by atoms with van der Waals surface area (Å²) >= 11 is 0. The summed E-state index contributed by atoms with van der Waals surface area (Å²) in [6.45, 7) is 2.65. The van der Waals surface area contributed by atoms with E-state index in [1.807, 2.05) is 7.11 Å². The molecule has 3 aliphatic rings. The molecule has 3 heteroatoms. The minimum Gasteiger partial charge on any atom is -0.380 e. The molecule has 2 heterocycles. The molecule has 0 radical (unpaired) electrons. The SMILES string of the molecule is COC1CCCCC1NC1CCN2CCCCC12. The molecular formula is C15H28N2O. The summed E-state index contributed by atoms with van der Waals surface area (Å²) in [5.74, 6) is 0. The maximum atomic E-state index is 5.67. The van der Waals surface area contributed by atoms with Crippen LogP contribution in [0.1, 0.15) is 51.4 Å². The molecule has 0 amide bonds. The van der Waals surface area contributed by atoms with Gasteiger partial charge in [0.25, 0.3) is 0 Å². The second-order valence-electron chi connectivity index (χ2n) is 6.33. The Balaban J connectivity index is 1.58. The lowest BCUT2D eigenvalue weighted by Gasteiger charge is -2.37. The first-order valence-corrected chi connectivity index (χ1v) is 7.91. The van der Waals surface area contributed by atoms with E-state index in [-0.39, 0.29) is 0 Å². The van der Waals surface area contributed by atoms with Gasteiger partial charge in [-0.15, -0.1) is 0 Å². The van der Waals surface area contributed by atoms with Crippen molar-refractivity contribution in [2.24, 2.45) is 0 Å². The van der Waals surface area contributed by atoms with Gasteiger partial charge in [0.15, 0.2) is 0 Å². The van der Waals surface area contributed by atoms with Crippen molar-refractivity contribution in [3.63, 3.8) is 0 Å². The van der Waals surface area contributed by atoms with E-state index in [0.29, 0.717) is 12.1 Å². The highest BCUT2D eigenvalue weighted by Crippen LogP contribution is 2.29. The summed E-state index contributed by atoms with van der Waals surface area (Å²) in [5, 5.41) is 3.95. The standard InChI is InChI=1S/C15H28N2O/c1-18-15-8-3-2-6-13(15)16-12-9-11-17-10-5-4-7-14(12)17/h12-16H,2-11H2,1H3. The Bertz CT molecular complexity index is 271. The van der Waals surface area contributed by atoms with Gasteiger partial charge in [-0.1, -0.05) is 19.3 Å². The van der Waals surface area contributed by atoms with E-state index in [0.717, 1.165) is 12.1 Å². The normalized spacial score (nSPS) is 41.8. The van der Waals surface area contributed by atoms with Crippen molar-refractivity contribution in [3.05, 3.63) is 0 Å². The average Bonchev–Trinajstić information content (AvgIpc) is 2.83. The topological polar surface area (TPSA) is 24.5 Å². The lowest BCUT2D eigenvalue weighted by atomic mass is 9.90. The lowest BCUT2D eigenvalue weighted by Crippen LogP contribution is -2.52. The third kappa shape index (κ3) is 2.59. The second-order valence-corrected chi connectivity index (χ2v) is 6.33. The molecular weight excluding hydrogens is 224 g/mol. The van der Waals surface area contributed by atoms with Crippen molar-refractivity contribution in [3.8, 4) is 0 Å². The molecule has 18 heavy (non-hydrogen) atoms. The Hall–Kier alpha value is -0.120. The highest BCUT2D eigenvalue weighted by molar-refractivity contribution is 4.97. The van der Waals surface area contributed by atoms with E-state index in [4.69, 9.17) is 4.74 Å². The number of methoxy groups -OCH3 is 1. The summed E-state index contributed by atoms with van der Waals surface area (Å²) in [6, 6.07) is 2.15. The molecule has 2 aliphatic heterocycles. The van der Waals surface area contributed by atoms with Gasteiger partial charge in [-0.05, 0) is 38.6 Å². The van der Waals surface area contributed by atoms with Crippen molar-refractivity contribution < 1.29 is 4.74 Å². The molecule has 104 valence electrons. The van der Waals surface area contributed by atoms with Crippen LogP contribution in [0.25, 0.3) is 0 Å². The Kier molecular flexibility index (Phi) is 4.22.